The fourth-order valence-electron chi connectivity index (χ4n) is 0.150. The summed E-state index contributed by atoms with van der Waals surface area (Å²) in [5.74, 6) is 0. The second-order valence-corrected chi connectivity index (χ2v) is 3.64. The van der Waals surface area contributed by atoms with Crippen LogP contribution in [0.15, 0.2) is 0 Å². The van der Waals surface area contributed by atoms with Gasteiger partial charge in [-0.2, -0.15) is 0 Å². The molecule has 0 aliphatic heterocycles. The first-order valence-electron chi connectivity index (χ1n) is 3.19. The molecular weight excluding hydrogens is 253 g/mol. The largest absolute Gasteiger partial charge is 3.00 e. The number of aliphatic hydroxyl groups is 3. The zero-order valence-corrected chi connectivity index (χ0v) is 11.7. The molecule has 0 rings (SSSR count). The first-order chi connectivity index (χ1) is 5.68. The van der Waals surface area contributed by atoms with Gasteiger partial charge in [0.05, 0.1) is 25.4 Å². The van der Waals surface area contributed by atoms with Crippen LogP contribution in [0.2, 0.25) is 0 Å². The predicted molar refractivity (Wildman–Crippen MR) is 54.3 cm³/mol. The van der Waals surface area contributed by atoms with Gasteiger partial charge >= 0.3 is 49.5 Å². The Labute approximate surface area is 115 Å². The monoisotopic (exact) mass is 268 g/mol. The van der Waals surface area contributed by atoms with Gasteiger partial charge in [0, 0.05) is 0 Å². The number of hydrogen-bond donors (Lipinski definition) is 8. The van der Waals surface area contributed by atoms with Crippen molar-refractivity contribution in [3.05, 3.63) is 0 Å². The van der Waals surface area contributed by atoms with E-state index in [1.807, 2.05) is 0 Å². The van der Waals surface area contributed by atoms with Gasteiger partial charge in [0.2, 0.25) is 0 Å². The molecule has 0 saturated heterocycles. The van der Waals surface area contributed by atoms with Crippen molar-refractivity contribution in [2.45, 2.75) is 5.54 Å². The molecule has 11 heteroatoms. The van der Waals surface area contributed by atoms with Gasteiger partial charge < -0.3 is 40.2 Å². The average molecular weight is 269 g/mol. The molecule has 0 bridgehead atoms. The smallest absolute Gasteiger partial charge is 0.394 e. The van der Waals surface area contributed by atoms with Gasteiger partial charge in [0.1, 0.15) is 0 Å². The fraction of sp³-hybridized carbons (Fsp3) is 1.00. The molecule has 0 aromatic carbocycles. The summed E-state index contributed by atoms with van der Waals surface area (Å²) in [6, 6.07) is 0. The van der Waals surface area contributed by atoms with Gasteiger partial charge in [-0.15, -0.1) is 0 Å². The Bertz CT molecular complexity index is 118. The average Bonchev–Trinajstić information content (AvgIpc) is 2.00. The number of rotatable bonds is 3. The molecule has 0 heterocycles. The third-order valence-electron chi connectivity index (χ3n) is 0.945. The second kappa shape index (κ2) is 11.7. The van der Waals surface area contributed by atoms with Crippen LogP contribution in [-0.4, -0.2) is 109 Å². The Hall–Kier alpha value is 1.20. The molecule has 0 aromatic rings. The van der Waals surface area contributed by atoms with Gasteiger partial charge in [-0.25, -0.2) is 0 Å². The minimum Gasteiger partial charge on any atom is -0.394 e. The Kier molecular flexibility index (Phi) is 19.6. The molecular formula is C4H15AlMgNO7Si+5. The third-order valence-corrected chi connectivity index (χ3v) is 0.945. The summed E-state index contributed by atoms with van der Waals surface area (Å²) in [5.41, 5.74) is 3.94. The van der Waals surface area contributed by atoms with E-state index in [9.17, 15) is 0 Å². The maximum atomic E-state index is 8.34. The number of hydrogen-bond acceptors (Lipinski definition) is 8. The van der Waals surface area contributed by atoms with E-state index in [1.165, 1.54) is 0 Å². The molecule has 0 aliphatic carbocycles. The minimum atomic E-state index is -4.61. The van der Waals surface area contributed by atoms with E-state index in [4.69, 9.17) is 40.2 Å². The van der Waals surface area contributed by atoms with Gasteiger partial charge in [-0.05, 0) is 0 Å². The first-order valence-corrected chi connectivity index (χ1v) is 4.98. The first kappa shape index (κ1) is 25.1. The summed E-state index contributed by atoms with van der Waals surface area (Å²) in [5, 5.41) is 25.0. The van der Waals surface area contributed by atoms with E-state index in [0.29, 0.717) is 0 Å². The van der Waals surface area contributed by atoms with E-state index >= 15 is 0 Å². The second-order valence-electron chi connectivity index (χ2n) is 2.44. The molecule has 0 saturated carbocycles. The van der Waals surface area contributed by atoms with E-state index in [2.05, 4.69) is 0 Å². The quantitative estimate of drug-likeness (QED) is 0.234. The molecule has 0 fully saturated rings. The summed E-state index contributed by atoms with van der Waals surface area (Å²) in [6.07, 6.45) is 0. The number of nitrogens with two attached hydrogens (primary N) is 1. The molecule has 15 heavy (non-hydrogen) atoms. The van der Waals surface area contributed by atoms with Gasteiger partial charge in [0.15, 0.2) is 0 Å². The van der Waals surface area contributed by atoms with E-state index in [0.717, 1.165) is 0 Å². The van der Waals surface area contributed by atoms with Crippen molar-refractivity contribution in [1.29, 1.82) is 0 Å². The van der Waals surface area contributed by atoms with Crippen molar-refractivity contribution in [3.63, 3.8) is 0 Å². The minimum absolute atomic E-state index is 0. The zero-order chi connectivity index (χ0) is 11.1. The van der Waals surface area contributed by atoms with Crippen molar-refractivity contribution in [1.82, 2.24) is 0 Å². The van der Waals surface area contributed by atoms with Crippen molar-refractivity contribution < 1.29 is 34.5 Å². The molecule has 8 nitrogen and oxygen atoms in total. The van der Waals surface area contributed by atoms with Crippen LogP contribution in [0.3, 0.4) is 0 Å². The van der Waals surface area contributed by atoms with Gasteiger partial charge in [0.25, 0.3) is 0 Å². The summed E-state index contributed by atoms with van der Waals surface area (Å²) in [6.45, 7) is -1.21. The van der Waals surface area contributed by atoms with Crippen molar-refractivity contribution in [3.8, 4) is 0 Å². The zero-order valence-electron chi connectivity index (χ0n) is 8.11. The molecule has 82 valence electrons. The summed E-state index contributed by atoms with van der Waals surface area (Å²) in [4.78, 5) is 29.3. The van der Waals surface area contributed by atoms with Crippen LogP contribution in [0.5, 0.6) is 0 Å². The fourth-order valence-corrected chi connectivity index (χ4v) is 0.150. The predicted octanol–water partition coefficient (Wildman–Crippen LogP) is -5.71. The van der Waals surface area contributed by atoms with Crippen molar-refractivity contribution in [2.75, 3.05) is 19.8 Å². The molecule has 0 amide bonds. The van der Waals surface area contributed by atoms with Crippen LogP contribution in [0.25, 0.3) is 0 Å². The molecule has 0 radical (unpaired) electrons. The Morgan fingerprint density at radius 1 is 0.867 bits per heavy atom. The Morgan fingerprint density at radius 2 is 1.00 bits per heavy atom. The molecule has 0 spiro atoms. The SMILES string of the molecule is NC(CO)(CO)CO.O[Si](O)(O)O.[Al+3].[Mg+2]. The van der Waals surface area contributed by atoms with E-state index in [1.54, 1.807) is 0 Å². The Balaban J connectivity index is -0.0000000770. The molecule has 9 N–H and O–H groups in total. The van der Waals surface area contributed by atoms with Gasteiger partial charge in [-0.1, -0.05) is 0 Å². The van der Waals surface area contributed by atoms with Crippen LogP contribution in [0, 0.1) is 0 Å². The topological polar surface area (TPSA) is 168 Å². The normalized spacial score (nSPS) is 10.4. The van der Waals surface area contributed by atoms with Crippen LogP contribution in [-0.2, 0) is 0 Å². The summed E-state index contributed by atoms with van der Waals surface area (Å²) in [7, 11) is -4.61. The maximum absolute atomic E-state index is 8.34. The van der Waals surface area contributed by atoms with E-state index < -0.39 is 34.4 Å². The molecule has 0 aromatic heterocycles. The molecule has 0 atom stereocenters. The van der Waals surface area contributed by atoms with Crippen molar-refractivity contribution in [2.24, 2.45) is 5.73 Å². The Morgan fingerprint density at radius 3 is 1.00 bits per heavy atom. The van der Waals surface area contributed by atoms with Crippen LogP contribution < -0.4 is 5.73 Å². The number of aliphatic hydroxyl groups excluding tert-OH is 3. The standard InChI is InChI=1S/C4H11NO3.Al.Mg.H4O4Si/c5-4(1-6,2-7)3-8;;;1-5(2,3)4/h6-8H,1-3,5H2;;;1-4H/q;+3;+2;. The van der Waals surface area contributed by atoms with Crippen LogP contribution in [0.4, 0.5) is 0 Å². The molecule has 0 unspecified atom stereocenters. The van der Waals surface area contributed by atoms with Crippen molar-refractivity contribution >= 4 is 49.5 Å². The van der Waals surface area contributed by atoms with Crippen LogP contribution >= 0.6 is 0 Å². The van der Waals surface area contributed by atoms with Gasteiger partial charge in [-0.3, -0.25) is 0 Å². The summed E-state index contributed by atoms with van der Waals surface area (Å²) < 4.78 is 0. The molecule has 0 aliphatic rings. The van der Waals surface area contributed by atoms with E-state index in [-0.39, 0.29) is 40.4 Å². The summed E-state index contributed by atoms with van der Waals surface area (Å²) >= 11 is 0. The third kappa shape index (κ3) is 25.5. The van der Waals surface area contributed by atoms with Crippen LogP contribution in [0.1, 0.15) is 0 Å². The maximum Gasteiger partial charge on any atom is 3.00 e.